The molecule has 2 rings (SSSR count). The summed E-state index contributed by atoms with van der Waals surface area (Å²) in [5.74, 6) is 0.888. The van der Waals surface area contributed by atoms with Crippen LogP contribution in [0.4, 0.5) is 0 Å². The number of methoxy groups -OCH3 is 2. The van der Waals surface area contributed by atoms with Crippen molar-refractivity contribution >= 4 is 11.9 Å². The quantitative estimate of drug-likeness (QED) is 0.521. The van der Waals surface area contributed by atoms with Crippen LogP contribution >= 0.6 is 0 Å². The van der Waals surface area contributed by atoms with Crippen molar-refractivity contribution in [2.24, 2.45) is 0 Å². The zero-order valence-corrected chi connectivity index (χ0v) is 11.9. The second kappa shape index (κ2) is 6.61. The van der Waals surface area contributed by atoms with Crippen LogP contribution in [0.1, 0.15) is 15.9 Å². The van der Waals surface area contributed by atoms with E-state index in [0.29, 0.717) is 5.75 Å². The minimum atomic E-state index is -0.272. The first-order valence-corrected chi connectivity index (χ1v) is 6.37. The molecule has 1 N–H and O–H groups in total. The number of carbonyl (C=O) groups is 1. The number of phenols is 1. The molecule has 0 atom stereocenters. The van der Waals surface area contributed by atoms with Gasteiger partial charge >= 0.3 is 0 Å². The Morgan fingerprint density at radius 3 is 2.19 bits per heavy atom. The highest BCUT2D eigenvalue weighted by Gasteiger charge is 2.09. The van der Waals surface area contributed by atoms with E-state index in [9.17, 15) is 9.90 Å². The van der Waals surface area contributed by atoms with Gasteiger partial charge in [0.2, 0.25) is 0 Å². The summed E-state index contributed by atoms with van der Waals surface area (Å²) in [7, 11) is 3.10. The lowest BCUT2D eigenvalue weighted by Gasteiger charge is -2.04. The zero-order chi connectivity index (χ0) is 15.2. The third-order valence-electron chi connectivity index (χ3n) is 3.01. The average Bonchev–Trinajstić information content (AvgIpc) is 2.52. The van der Waals surface area contributed by atoms with E-state index in [1.54, 1.807) is 19.3 Å². The van der Waals surface area contributed by atoms with Crippen molar-refractivity contribution in [2.75, 3.05) is 14.2 Å². The van der Waals surface area contributed by atoms with Crippen molar-refractivity contribution in [1.82, 2.24) is 0 Å². The number of ketones is 1. The number of allylic oxidation sites excluding steroid dienone is 1. The molecule has 0 bridgehead atoms. The fourth-order valence-electron chi connectivity index (χ4n) is 1.82. The summed E-state index contributed by atoms with van der Waals surface area (Å²) >= 11 is 0. The number of ether oxygens (including phenoxy) is 2. The molecule has 0 radical (unpaired) electrons. The molecule has 0 heterocycles. The van der Waals surface area contributed by atoms with Gasteiger partial charge in [0.1, 0.15) is 17.2 Å². The molecule has 0 unspecified atom stereocenters. The van der Waals surface area contributed by atoms with E-state index in [2.05, 4.69) is 0 Å². The normalized spacial score (nSPS) is 10.6. The topological polar surface area (TPSA) is 55.8 Å². The lowest BCUT2D eigenvalue weighted by Crippen LogP contribution is -1.95. The second-order valence-electron chi connectivity index (χ2n) is 4.35. The van der Waals surface area contributed by atoms with E-state index in [1.165, 1.54) is 25.3 Å². The highest BCUT2D eigenvalue weighted by atomic mass is 16.5. The highest BCUT2D eigenvalue weighted by molar-refractivity contribution is 6.08. The number of phenolic OH excluding ortho intramolecular Hbond substituents is 1. The van der Waals surface area contributed by atoms with Crippen LogP contribution in [0.2, 0.25) is 0 Å². The summed E-state index contributed by atoms with van der Waals surface area (Å²) in [6.45, 7) is 0. The Hall–Kier alpha value is -2.75. The first-order valence-electron chi connectivity index (χ1n) is 6.37. The van der Waals surface area contributed by atoms with Crippen LogP contribution in [0.15, 0.2) is 48.5 Å². The van der Waals surface area contributed by atoms with Crippen molar-refractivity contribution in [1.29, 1.82) is 0 Å². The van der Waals surface area contributed by atoms with Crippen LogP contribution in [-0.4, -0.2) is 25.1 Å². The second-order valence-corrected chi connectivity index (χ2v) is 4.35. The van der Waals surface area contributed by atoms with Crippen LogP contribution in [0.5, 0.6) is 17.2 Å². The van der Waals surface area contributed by atoms with E-state index in [4.69, 9.17) is 9.47 Å². The highest BCUT2D eigenvalue weighted by Crippen LogP contribution is 2.24. The van der Waals surface area contributed by atoms with Gasteiger partial charge < -0.3 is 14.6 Å². The average molecular weight is 287 g/mol. The van der Waals surface area contributed by atoms with E-state index < -0.39 is 0 Å². The molecule has 0 aliphatic carbocycles. The summed E-state index contributed by atoms with van der Waals surface area (Å²) in [6.07, 6.45) is 3.11. The van der Waals surface area contributed by atoms with Crippen LogP contribution in [0.3, 0.4) is 0 Å². The number of benzene rings is 2. The molecule has 2 aromatic carbocycles. The molecule has 0 aromatic heterocycles. The fourth-order valence-corrected chi connectivity index (χ4v) is 1.82. The smallest absolute Gasteiger partial charge is 0.189 e. The minimum Gasteiger partial charge on any atom is -0.507 e. The van der Waals surface area contributed by atoms with Gasteiger partial charge in [0, 0.05) is 6.07 Å². The molecule has 21 heavy (non-hydrogen) atoms. The molecular weight excluding hydrogens is 271 g/mol. The Morgan fingerprint density at radius 2 is 1.62 bits per heavy atom. The predicted molar refractivity (Wildman–Crippen MR) is 81.0 cm³/mol. The molecule has 0 saturated carbocycles. The van der Waals surface area contributed by atoms with Gasteiger partial charge in [-0.2, -0.15) is 0 Å². The van der Waals surface area contributed by atoms with Crippen molar-refractivity contribution in [3.05, 3.63) is 59.7 Å². The largest absolute Gasteiger partial charge is 0.507 e. The van der Waals surface area contributed by atoms with Gasteiger partial charge in [-0.15, -0.1) is 0 Å². The van der Waals surface area contributed by atoms with Gasteiger partial charge in [-0.25, -0.2) is 0 Å². The van der Waals surface area contributed by atoms with E-state index in [-0.39, 0.29) is 17.1 Å². The van der Waals surface area contributed by atoms with Crippen LogP contribution in [-0.2, 0) is 0 Å². The standard InChI is InChI=1S/C17H16O4/c1-20-13-6-3-12(4-7-13)5-10-16(18)15-9-8-14(21-2)11-17(15)19/h3-11,19H,1-2H3/b10-5+/i5+1,10+1,16+1. The molecule has 0 aliphatic rings. The van der Waals surface area contributed by atoms with E-state index in [0.717, 1.165) is 11.3 Å². The van der Waals surface area contributed by atoms with Gasteiger partial charge in [0.15, 0.2) is 5.78 Å². The minimum absolute atomic E-state index is 0.0984. The third kappa shape index (κ3) is 3.63. The third-order valence-corrected chi connectivity index (χ3v) is 3.01. The number of rotatable bonds is 5. The van der Waals surface area contributed by atoms with Crippen LogP contribution in [0.25, 0.3) is 6.08 Å². The molecule has 0 amide bonds. The maximum absolute atomic E-state index is 12.0. The number of aromatic hydroxyl groups is 1. The summed E-state index contributed by atoms with van der Waals surface area (Å²) in [5.41, 5.74) is 1.11. The summed E-state index contributed by atoms with van der Waals surface area (Å²) in [6, 6.07) is 11.9. The first-order chi connectivity index (χ1) is 10.1. The van der Waals surface area contributed by atoms with E-state index in [1.807, 2.05) is 24.3 Å². The molecule has 4 nitrogen and oxygen atoms in total. The summed E-state index contributed by atoms with van der Waals surface area (Å²) < 4.78 is 10.0. The van der Waals surface area contributed by atoms with Crippen molar-refractivity contribution < 1.29 is 19.4 Å². The van der Waals surface area contributed by atoms with Gasteiger partial charge in [-0.3, -0.25) is 4.79 Å². The Labute approximate surface area is 123 Å². The SMILES string of the molecule is COc1ccc(/[13CH]=[13CH]/[13C](=O)c2ccc(OC)cc2O)cc1. The summed E-state index contributed by atoms with van der Waals surface area (Å²) in [4.78, 5) is 12.0. The monoisotopic (exact) mass is 287 g/mol. The Bertz CT molecular complexity index is 657. The first kappa shape index (κ1) is 14.7. The van der Waals surface area contributed by atoms with Gasteiger partial charge in [-0.05, 0) is 35.9 Å². The Kier molecular flexibility index (Phi) is 4.61. The maximum atomic E-state index is 12.0. The molecule has 0 aliphatic heterocycles. The lowest BCUT2D eigenvalue weighted by atomic mass is 10.2. The van der Waals surface area contributed by atoms with Gasteiger partial charge in [0.05, 0.1) is 19.8 Å². The predicted octanol–water partition coefficient (Wildman–Crippen LogP) is 3.31. The number of carbonyl (C=O) groups excluding carboxylic acids is 1. The Balaban J connectivity index is 2.14. The molecule has 0 saturated heterocycles. The van der Waals surface area contributed by atoms with Crippen molar-refractivity contribution in [2.45, 2.75) is 0 Å². The zero-order valence-electron chi connectivity index (χ0n) is 11.9. The van der Waals surface area contributed by atoms with Crippen molar-refractivity contribution in [3.63, 3.8) is 0 Å². The molecule has 108 valence electrons. The van der Waals surface area contributed by atoms with E-state index >= 15 is 0 Å². The molecular formula is C17H16O4. The number of hydrogen-bond acceptors (Lipinski definition) is 4. The van der Waals surface area contributed by atoms with Gasteiger partial charge in [0.25, 0.3) is 0 Å². The summed E-state index contributed by atoms with van der Waals surface area (Å²) in [5, 5.41) is 9.81. The molecule has 0 fully saturated rings. The Morgan fingerprint density at radius 1 is 1.00 bits per heavy atom. The van der Waals surface area contributed by atoms with Gasteiger partial charge in [-0.1, -0.05) is 18.2 Å². The lowest BCUT2D eigenvalue weighted by molar-refractivity contribution is 0.104. The fraction of sp³-hybridized carbons (Fsp3) is 0.118. The number of hydrogen-bond donors (Lipinski definition) is 1. The molecule has 2 aromatic rings. The van der Waals surface area contributed by atoms with Crippen molar-refractivity contribution in [3.8, 4) is 17.2 Å². The molecule has 4 heteroatoms. The van der Waals surface area contributed by atoms with Crippen LogP contribution in [0, 0.1) is 0 Å². The maximum Gasteiger partial charge on any atom is 0.189 e. The van der Waals surface area contributed by atoms with Crippen LogP contribution < -0.4 is 9.47 Å². The molecule has 0 spiro atoms.